The van der Waals surface area contributed by atoms with Crippen LogP contribution in [0.15, 0.2) is 0 Å². The fraction of sp³-hybridized carbons (Fsp3) is 0.769. The highest BCUT2D eigenvalue weighted by atomic mass is 16.5. The van der Waals surface area contributed by atoms with E-state index in [9.17, 15) is 14.4 Å². The molecule has 0 aromatic heterocycles. The number of likely N-dealkylation sites (tertiary alicyclic amines) is 1. The van der Waals surface area contributed by atoms with E-state index in [0.717, 1.165) is 6.42 Å². The van der Waals surface area contributed by atoms with E-state index in [4.69, 9.17) is 4.74 Å². The predicted octanol–water partition coefficient (Wildman–Crippen LogP) is -0.185. The van der Waals surface area contributed by atoms with Gasteiger partial charge in [0.25, 0.3) is 0 Å². The molecule has 1 atom stereocenters. The second-order valence-corrected chi connectivity index (χ2v) is 5.06. The standard InChI is InChI=1S/C13H20N2O4/c1-10(16)9-12(17)15-4-2-3-11(15)13(18)14-5-7-19-8-6-14/h11H,2-9H2,1H3. The van der Waals surface area contributed by atoms with Gasteiger partial charge in [-0.25, -0.2) is 0 Å². The number of rotatable bonds is 3. The van der Waals surface area contributed by atoms with Crippen molar-refractivity contribution in [2.45, 2.75) is 32.2 Å². The fourth-order valence-corrected chi connectivity index (χ4v) is 2.63. The number of nitrogens with zero attached hydrogens (tertiary/aromatic N) is 2. The van der Waals surface area contributed by atoms with Crippen LogP contribution in [0.25, 0.3) is 0 Å². The Morgan fingerprint density at radius 2 is 1.84 bits per heavy atom. The van der Waals surface area contributed by atoms with Crippen molar-refractivity contribution in [3.8, 4) is 0 Å². The molecule has 0 radical (unpaired) electrons. The molecule has 106 valence electrons. The van der Waals surface area contributed by atoms with E-state index >= 15 is 0 Å². The number of ether oxygens (including phenoxy) is 1. The van der Waals surface area contributed by atoms with Crippen molar-refractivity contribution in [1.82, 2.24) is 9.80 Å². The van der Waals surface area contributed by atoms with Crippen LogP contribution in [0.3, 0.4) is 0 Å². The Labute approximate surface area is 112 Å². The Balaban J connectivity index is 1.99. The molecule has 2 aliphatic heterocycles. The lowest BCUT2D eigenvalue weighted by atomic mass is 10.1. The van der Waals surface area contributed by atoms with Crippen LogP contribution in [0.1, 0.15) is 26.2 Å². The molecule has 0 spiro atoms. The van der Waals surface area contributed by atoms with E-state index in [2.05, 4.69) is 0 Å². The summed E-state index contributed by atoms with van der Waals surface area (Å²) >= 11 is 0. The van der Waals surface area contributed by atoms with Gasteiger partial charge in [0.05, 0.1) is 19.6 Å². The van der Waals surface area contributed by atoms with Crippen LogP contribution in [0, 0.1) is 0 Å². The van der Waals surface area contributed by atoms with Crippen molar-refractivity contribution in [3.05, 3.63) is 0 Å². The van der Waals surface area contributed by atoms with Crippen LogP contribution in [0.4, 0.5) is 0 Å². The highest BCUT2D eigenvalue weighted by molar-refractivity contribution is 5.99. The zero-order chi connectivity index (χ0) is 13.8. The molecule has 6 heteroatoms. The molecule has 0 bridgehead atoms. The first-order chi connectivity index (χ1) is 9.09. The van der Waals surface area contributed by atoms with Gasteiger partial charge < -0.3 is 14.5 Å². The van der Waals surface area contributed by atoms with Gasteiger partial charge in [-0.15, -0.1) is 0 Å². The summed E-state index contributed by atoms with van der Waals surface area (Å²) in [6, 6.07) is -0.384. The molecule has 0 N–H and O–H groups in total. The number of carbonyl (C=O) groups is 3. The van der Waals surface area contributed by atoms with E-state index in [0.29, 0.717) is 39.3 Å². The summed E-state index contributed by atoms with van der Waals surface area (Å²) in [5, 5.41) is 0. The number of amides is 2. The van der Waals surface area contributed by atoms with Crippen molar-refractivity contribution in [1.29, 1.82) is 0 Å². The van der Waals surface area contributed by atoms with Crippen LogP contribution < -0.4 is 0 Å². The summed E-state index contributed by atoms with van der Waals surface area (Å²) in [5.41, 5.74) is 0. The quantitative estimate of drug-likeness (QED) is 0.666. The first-order valence-electron chi connectivity index (χ1n) is 6.75. The lowest BCUT2D eigenvalue weighted by Crippen LogP contribution is -2.51. The lowest BCUT2D eigenvalue weighted by molar-refractivity contribution is -0.147. The molecular weight excluding hydrogens is 248 g/mol. The third-order valence-electron chi connectivity index (χ3n) is 3.58. The van der Waals surface area contributed by atoms with Crippen LogP contribution >= 0.6 is 0 Å². The van der Waals surface area contributed by atoms with Gasteiger partial charge in [0.1, 0.15) is 11.8 Å². The molecular formula is C13H20N2O4. The summed E-state index contributed by atoms with van der Waals surface area (Å²) in [4.78, 5) is 38.7. The molecule has 2 amide bonds. The smallest absolute Gasteiger partial charge is 0.245 e. The Hall–Kier alpha value is -1.43. The minimum Gasteiger partial charge on any atom is -0.378 e. The Morgan fingerprint density at radius 3 is 2.47 bits per heavy atom. The molecule has 2 aliphatic rings. The summed E-state index contributed by atoms with van der Waals surface area (Å²) in [6.07, 6.45) is 1.41. The van der Waals surface area contributed by atoms with Crippen LogP contribution in [-0.2, 0) is 19.1 Å². The monoisotopic (exact) mass is 268 g/mol. The number of hydrogen-bond donors (Lipinski definition) is 0. The van der Waals surface area contributed by atoms with Gasteiger partial charge in [-0.1, -0.05) is 0 Å². The van der Waals surface area contributed by atoms with Gasteiger partial charge in [0.2, 0.25) is 11.8 Å². The van der Waals surface area contributed by atoms with Gasteiger partial charge in [-0.2, -0.15) is 0 Å². The van der Waals surface area contributed by atoms with E-state index in [1.807, 2.05) is 0 Å². The number of morpholine rings is 1. The minimum atomic E-state index is -0.384. The lowest BCUT2D eigenvalue weighted by Gasteiger charge is -2.32. The van der Waals surface area contributed by atoms with Crippen LogP contribution in [0.2, 0.25) is 0 Å². The number of ketones is 1. The molecule has 2 fully saturated rings. The molecule has 6 nitrogen and oxygen atoms in total. The maximum atomic E-state index is 12.4. The molecule has 0 aromatic carbocycles. The van der Waals surface area contributed by atoms with Crippen LogP contribution in [-0.4, -0.2) is 66.3 Å². The van der Waals surface area contributed by atoms with Gasteiger partial charge in [0.15, 0.2) is 0 Å². The molecule has 19 heavy (non-hydrogen) atoms. The largest absolute Gasteiger partial charge is 0.378 e. The van der Waals surface area contributed by atoms with Crippen molar-refractivity contribution < 1.29 is 19.1 Å². The fourth-order valence-electron chi connectivity index (χ4n) is 2.63. The summed E-state index contributed by atoms with van der Waals surface area (Å²) < 4.78 is 5.22. The maximum absolute atomic E-state index is 12.4. The topological polar surface area (TPSA) is 66.9 Å². The normalized spacial score (nSPS) is 23.5. The summed E-state index contributed by atoms with van der Waals surface area (Å²) in [6.45, 7) is 4.26. The minimum absolute atomic E-state index is 0.00213. The average molecular weight is 268 g/mol. The first kappa shape index (κ1) is 14.0. The van der Waals surface area contributed by atoms with Crippen LogP contribution in [0.5, 0.6) is 0 Å². The van der Waals surface area contributed by atoms with E-state index < -0.39 is 0 Å². The molecule has 1 unspecified atom stereocenters. The summed E-state index contributed by atoms with van der Waals surface area (Å²) in [5.74, 6) is -0.385. The number of Topliss-reactive ketones (excluding diaryl/α,β-unsaturated/α-hetero) is 1. The molecule has 2 saturated heterocycles. The molecule has 0 saturated carbocycles. The predicted molar refractivity (Wildman–Crippen MR) is 67.4 cm³/mol. The third kappa shape index (κ3) is 3.32. The van der Waals surface area contributed by atoms with Crippen molar-refractivity contribution in [3.63, 3.8) is 0 Å². The van der Waals surface area contributed by atoms with Crippen molar-refractivity contribution in [2.24, 2.45) is 0 Å². The van der Waals surface area contributed by atoms with Gasteiger partial charge in [-0.3, -0.25) is 14.4 Å². The zero-order valence-corrected chi connectivity index (χ0v) is 11.3. The molecule has 2 rings (SSSR count). The Morgan fingerprint density at radius 1 is 1.16 bits per heavy atom. The molecule has 2 heterocycles. The second-order valence-electron chi connectivity index (χ2n) is 5.06. The molecule has 0 aliphatic carbocycles. The highest BCUT2D eigenvalue weighted by Gasteiger charge is 2.36. The Bertz CT molecular complexity index is 377. The number of carbonyl (C=O) groups excluding carboxylic acids is 3. The highest BCUT2D eigenvalue weighted by Crippen LogP contribution is 2.21. The average Bonchev–Trinajstić information content (AvgIpc) is 2.87. The maximum Gasteiger partial charge on any atom is 0.245 e. The third-order valence-corrected chi connectivity index (χ3v) is 3.58. The van der Waals surface area contributed by atoms with Crippen molar-refractivity contribution >= 4 is 17.6 Å². The zero-order valence-electron chi connectivity index (χ0n) is 11.3. The van der Waals surface area contributed by atoms with E-state index in [-0.39, 0.29) is 30.1 Å². The number of hydrogen-bond acceptors (Lipinski definition) is 4. The van der Waals surface area contributed by atoms with Gasteiger partial charge in [-0.05, 0) is 19.8 Å². The van der Waals surface area contributed by atoms with Gasteiger partial charge in [0, 0.05) is 19.6 Å². The Kier molecular flexibility index (Phi) is 4.52. The van der Waals surface area contributed by atoms with Crippen molar-refractivity contribution in [2.75, 3.05) is 32.8 Å². The first-order valence-corrected chi connectivity index (χ1v) is 6.75. The summed E-state index contributed by atoms with van der Waals surface area (Å²) in [7, 11) is 0. The SMILES string of the molecule is CC(=O)CC(=O)N1CCCC1C(=O)N1CCOCC1. The van der Waals surface area contributed by atoms with E-state index in [1.165, 1.54) is 6.92 Å². The second kappa shape index (κ2) is 6.14. The van der Waals surface area contributed by atoms with E-state index in [1.54, 1.807) is 9.80 Å². The van der Waals surface area contributed by atoms with Gasteiger partial charge >= 0.3 is 0 Å². The molecule has 0 aromatic rings.